The van der Waals surface area contributed by atoms with Gasteiger partial charge in [-0.25, -0.2) is 0 Å². The summed E-state index contributed by atoms with van der Waals surface area (Å²) in [5.74, 6) is 0. The van der Waals surface area contributed by atoms with E-state index in [0.29, 0.717) is 0 Å². The van der Waals surface area contributed by atoms with Gasteiger partial charge >= 0.3 is 0 Å². The van der Waals surface area contributed by atoms with Crippen molar-refractivity contribution in [3.8, 4) is 22.5 Å². The average molecular weight is 537 g/mol. The molecule has 8 rings (SSSR count). The summed E-state index contributed by atoms with van der Waals surface area (Å²) in [7, 11) is 0. The van der Waals surface area contributed by atoms with Crippen LogP contribution in [0.4, 0.5) is 0 Å². The second-order valence-corrected chi connectivity index (χ2v) is 10.7. The molecule has 2 nitrogen and oxygen atoms in total. The second kappa shape index (κ2) is 9.50. The standard InChI is InChI=1S/C40H28N2/c1-3-33-35-25-29(19-22-39(35)41(37(33)4-2)31-14-6-5-7-15-31)30-20-23-40-36(26-30)34-16-10-11-17-38(34)42(40)32-21-18-27-12-8-9-13-28(27)24-32/h3-26H,1-2H2. The smallest absolute Gasteiger partial charge is 0.0541 e. The molecule has 2 aromatic heterocycles. The number of hydrogen-bond acceptors (Lipinski definition) is 0. The van der Waals surface area contributed by atoms with Gasteiger partial charge in [0, 0.05) is 33.1 Å². The lowest BCUT2D eigenvalue weighted by molar-refractivity contribution is 1.11. The van der Waals surface area contributed by atoms with Crippen molar-refractivity contribution >= 4 is 55.6 Å². The molecule has 0 N–H and O–H groups in total. The summed E-state index contributed by atoms with van der Waals surface area (Å²) in [5, 5.41) is 6.15. The molecule has 0 saturated carbocycles. The first-order chi connectivity index (χ1) is 20.7. The maximum atomic E-state index is 4.16. The normalized spacial score (nSPS) is 11.5. The monoisotopic (exact) mass is 536 g/mol. The molecule has 2 heterocycles. The van der Waals surface area contributed by atoms with Crippen molar-refractivity contribution in [2.24, 2.45) is 0 Å². The lowest BCUT2D eigenvalue weighted by atomic mass is 10.00. The lowest BCUT2D eigenvalue weighted by Crippen LogP contribution is -1.96. The summed E-state index contributed by atoms with van der Waals surface area (Å²) in [6.45, 7) is 8.30. The van der Waals surface area contributed by atoms with Crippen molar-refractivity contribution < 1.29 is 0 Å². The first-order valence-corrected chi connectivity index (χ1v) is 14.3. The Morgan fingerprint density at radius 3 is 1.83 bits per heavy atom. The Balaban J connectivity index is 1.33. The molecule has 8 aromatic rings. The van der Waals surface area contributed by atoms with Crippen LogP contribution < -0.4 is 0 Å². The highest BCUT2D eigenvalue weighted by molar-refractivity contribution is 6.11. The maximum Gasteiger partial charge on any atom is 0.0541 e. The predicted octanol–water partition coefficient (Wildman–Crippen LogP) is 10.8. The van der Waals surface area contributed by atoms with Crippen LogP contribution in [0.25, 0.3) is 78.1 Å². The van der Waals surface area contributed by atoms with Crippen LogP contribution in [-0.2, 0) is 0 Å². The molecular weight excluding hydrogens is 508 g/mol. The number of para-hydroxylation sites is 2. The first-order valence-electron chi connectivity index (χ1n) is 14.3. The summed E-state index contributed by atoms with van der Waals surface area (Å²) >= 11 is 0. The van der Waals surface area contributed by atoms with Crippen molar-refractivity contribution in [2.75, 3.05) is 0 Å². The van der Waals surface area contributed by atoms with Gasteiger partial charge in [0.25, 0.3) is 0 Å². The Morgan fingerprint density at radius 1 is 0.429 bits per heavy atom. The van der Waals surface area contributed by atoms with Crippen molar-refractivity contribution in [3.05, 3.63) is 158 Å². The van der Waals surface area contributed by atoms with Crippen molar-refractivity contribution in [1.29, 1.82) is 0 Å². The number of hydrogen-bond donors (Lipinski definition) is 0. The van der Waals surface area contributed by atoms with Gasteiger partial charge in [0.05, 0.1) is 22.2 Å². The van der Waals surface area contributed by atoms with E-state index < -0.39 is 0 Å². The first kappa shape index (κ1) is 24.2. The molecule has 0 amide bonds. The van der Waals surface area contributed by atoms with Gasteiger partial charge < -0.3 is 9.13 Å². The van der Waals surface area contributed by atoms with Crippen LogP contribution in [0.1, 0.15) is 11.3 Å². The molecule has 0 fully saturated rings. The molecule has 198 valence electrons. The SMILES string of the molecule is C=Cc1c(C=C)n(-c2ccccc2)c2ccc(-c3ccc4c(c3)c3ccccc3n4-c3ccc4ccccc4c3)cc12. The van der Waals surface area contributed by atoms with Gasteiger partial charge in [-0.15, -0.1) is 0 Å². The van der Waals surface area contributed by atoms with Gasteiger partial charge in [-0.3, -0.25) is 0 Å². The molecule has 0 radical (unpaired) electrons. The van der Waals surface area contributed by atoms with Crippen LogP contribution in [0, 0.1) is 0 Å². The van der Waals surface area contributed by atoms with Gasteiger partial charge in [0.1, 0.15) is 0 Å². The molecule has 6 aromatic carbocycles. The number of aromatic nitrogens is 2. The number of fused-ring (bicyclic) bond motifs is 5. The number of benzene rings is 6. The highest BCUT2D eigenvalue weighted by Crippen LogP contribution is 2.38. The summed E-state index contributed by atoms with van der Waals surface area (Å²) < 4.78 is 4.65. The van der Waals surface area contributed by atoms with E-state index in [1.807, 2.05) is 18.2 Å². The molecule has 0 atom stereocenters. The Morgan fingerprint density at radius 2 is 1.07 bits per heavy atom. The molecule has 0 aliphatic heterocycles. The van der Waals surface area contributed by atoms with Gasteiger partial charge in [-0.05, 0) is 82.6 Å². The van der Waals surface area contributed by atoms with Gasteiger partial charge in [-0.1, -0.05) is 98.1 Å². The largest absolute Gasteiger partial charge is 0.309 e. The Hall–Kier alpha value is -5.60. The quantitative estimate of drug-likeness (QED) is 0.207. The van der Waals surface area contributed by atoms with Gasteiger partial charge in [0.15, 0.2) is 0 Å². The van der Waals surface area contributed by atoms with E-state index in [-0.39, 0.29) is 0 Å². The van der Waals surface area contributed by atoms with Crippen LogP contribution in [0.2, 0.25) is 0 Å². The fraction of sp³-hybridized carbons (Fsp3) is 0. The zero-order valence-corrected chi connectivity index (χ0v) is 23.2. The third-order valence-electron chi connectivity index (χ3n) is 8.45. The Kier molecular flexibility index (Phi) is 5.48. The Labute approximate surface area is 244 Å². The fourth-order valence-corrected chi connectivity index (χ4v) is 6.53. The van der Waals surface area contributed by atoms with Crippen LogP contribution >= 0.6 is 0 Å². The molecular formula is C40H28N2. The fourth-order valence-electron chi connectivity index (χ4n) is 6.53. The Bertz CT molecular complexity index is 2330. The van der Waals surface area contributed by atoms with Gasteiger partial charge in [0.2, 0.25) is 0 Å². The molecule has 0 spiro atoms. The highest BCUT2D eigenvalue weighted by atomic mass is 15.0. The molecule has 42 heavy (non-hydrogen) atoms. The van der Waals surface area contributed by atoms with Crippen molar-refractivity contribution in [1.82, 2.24) is 9.13 Å². The predicted molar refractivity (Wildman–Crippen MR) is 181 cm³/mol. The summed E-state index contributed by atoms with van der Waals surface area (Å²) in [6.07, 6.45) is 3.88. The number of nitrogens with zero attached hydrogens (tertiary/aromatic N) is 2. The summed E-state index contributed by atoms with van der Waals surface area (Å²) in [6, 6.07) is 48.0. The van der Waals surface area contributed by atoms with Crippen molar-refractivity contribution in [2.45, 2.75) is 0 Å². The second-order valence-electron chi connectivity index (χ2n) is 10.7. The third kappa shape index (κ3) is 3.59. The van der Waals surface area contributed by atoms with E-state index in [1.165, 1.54) is 54.8 Å². The van der Waals surface area contributed by atoms with Crippen LogP contribution in [0.15, 0.2) is 147 Å². The molecule has 0 aliphatic rings. The average Bonchev–Trinajstić information content (AvgIpc) is 3.56. The molecule has 0 unspecified atom stereocenters. The molecule has 2 heteroatoms. The van der Waals surface area contributed by atoms with Crippen LogP contribution in [0.3, 0.4) is 0 Å². The van der Waals surface area contributed by atoms with Crippen LogP contribution in [-0.4, -0.2) is 9.13 Å². The molecule has 0 bridgehead atoms. The van der Waals surface area contributed by atoms with E-state index in [1.54, 1.807) is 0 Å². The zero-order chi connectivity index (χ0) is 28.2. The lowest BCUT2D eigenvalue weighted by Gasteiger charge is -2.10. The van der Waals surface area contributed by atoms with E-state index in [2.05, 4.69) is 150 Å². The van der Waals surface area contributed by atoms with E-state index in [0.717, 1.165) is 22.5 Å². The molecule has 0 aliphatic carbocycles. The van der Waals surface area contributed by atoms with Crippen LogP contribution in [0.5, 0.6) is 0 Å². The maximum absolute atomic E-state index is 4.16. The third-order valence-corrected chi connectivity index (χ3v) is 8.45. The topological polar surface area (TPSA) is 9.86 Å². The highest BCUT2D eigenvalue weighted by Gasteiger charge is 2.17. The van der Waals surface area contributed by atoms with E-state index in [9.17, 15) is 0 Å². The summed E-state index contributed by atoms with van der Waals surface area (Å²) in [4.78, 5) is 0. The molecule has 0 saturated heterocycles. The minimum Gasteiger partial charge on any atom is -0.309 e. The number of rotatable bonds is 5. The minimum atomic E-state index is 1.05. The minimum absolute atomic E-state index is 1.05. The van der Waals surface area contributed by atoms with E-state index in [4.69, 9.17) is 0 Å². The van der Waals surface area contributed by atoms with Crippen molar-refractivity contribution in [3.63, 3.8) is 0 Å². The van der Waals surface area contributed by atoms with Gasteiger partial charge in [-0.2, -0.15) is 0 Å². The summed E-state index contributed by atoms with van der Waals surface area (Å²) in [5.41, 5.74) is 10.3. The van der Waals surface area contributed by atoms with E-state index >= 15 is 0 Å². The zero-order valence-electron chi connectivity index (χ0n) is 23.2.